The predicted octanol–water partition coefficient (Wildman–Crippen LogP) is 2.79. The molecule has 0 saturated heterocycles. The fourth-order valence-electron chi connectivity index (χ4n) is 1.16. The number of benzene rings is 1. The van der Waals surface area contributed by atoms with E-state index in [1.54, 1.807) is 0 Å². The Morgan fingerprint density at radius 3 is 2.13 bits per heavy atom. The van der Waals surface area contributed by atoms with Crippen molar-refractivity contribution < 1.29 is 14.6 Å². The molecule has 1 aromatic rings. The second kappa shape index (κ2) is 6.87. The van der Waals surface area contributed by atoms with Gasteiger partial charge in [-0.2, -0.15) is 0 Å². The summed E-state index contributed by atoms with van der Waals surface area (Å²) in [4.78, 5) is 10.3. The van der Waals surface area contributed by atoms with Crippen LogP contribution in [0.15, 0.2) is 18.2 Å². The third kappa shape index (κ3) is 4.49. The average molecular weight is 210 g/mol. The third-order valence-corrected chi connectivity index (χ3v) is 1.75. The van der Waals surface area contributed by atoms with Crippen LogP contribution in [-0.4, -0.2) is 17.7 Å². The van der Waals surface area contributed by atoms with E-state index in [0.717, 1.165) is 11.1 Å². The van der Waals surface area contributed by atoms with Gasteiger partial charge in [-0.25, -0.2) is 4.79 Å². The normalized spacial score (nSPS) is 8.80. The van der Waals surface area contributed by atoms with E-state index in [1.165, 1.54) is 0 Å². The van der Waals surface area contributed by atoms with Gasteiger partial charge in [0.25, 0.3) is 0 Å². The van der Waals surface area contributed by atoms with E-state index in [4.69, 9.17) is 9.84 Å². The first kappa shape index (κ1) is 13.5. The van der Waals surface area contributed by atoms with Gasteiger partial charge in [-0.1, -0.05) is 32.0 Å². The monoisotopic (exact) mass is 210 g/mol. The maximum atomic E-state index is 10.3. The molecule has 0 bridgehead atoms. The van der Waals surface area contributed by atoms with Crippen molar-refractivity contribution in [2.24, 2.45) is 0 Å². The van der Waals surface area contributed by atoms with Crippen LogP contribution >= 0.6 is 0 Å². The van der Waals surface area contributed by atoms with Crippen LogP contribution in [0.4, 0.5) is 0 Å². The van der Waals surface area contributed by atoms with Crippen molar-refractivity contribution in [1.82, 2.24) is 0 Å². The molecule has 0 atom stereocenters. The van der Waals surface area contributed by atoms with Crippen LogP contribution in [0.25, 0.3) is 0 Å². The standard InChI is InChI=1S/C10H12O3.C2H6/c1-7-4-3-5-8(2)10(7)13-6-9(11)12;1-2/h3-5H,6H2,1-2H3,(H,11,12);1-2H3. The van der Waals surface area contributed by atoms with Gasteiger partial charge >= 0.3 is 5.97 Å². The molecule has 1 rings (SSSR count). The lowest BCUT2D eigenvalue weighted by molar-refractivity contribution is -0.139. The lowest BCUT2D eigenvalue weighted by Gasteiger charge is -2.09. The highest BCUT2D eigenvalue weighted by atomic mass is 16.5. The van der Waals surface area contributed by atoms with E-state index < -0.39 is 5.97 Å². The molecule has 1 aromatic carbocycles. The molecule has 0 aromatic heterocycles. The first-order valence-electron chi connectivity index (χ1n) is 5.02. The Morgan fingerprint density at radius 2 is 1.73 bits per heavy atom. The molecule has 1 N–H and O–H groups in total. The topological polar surface area (TPSA) is 46.5 Å². The largest absolute Gasteiger partial charge is 0.481 e. The Kier molecular flexibility index (Phi) is 6.18. The number of rotatable bonds is 3. The van der Waals surface area contributed by atoms with Crippen molar-refractivity contribution in [1.29, 1.82) is 0 Å². The van der Waals surface area contributed by atoms with Crippen LogP contribution in [0, 0.1) is 13.8 Å². The highest BCUT2D eigenvalue weighted by molar-refractivity contribution is 5.68. The molecule has 0 aliphatic rings. The van der Waals surface area contributed by atoms with Crippen LogP contribution in [-0.2, 0) is 4.79 Å². The van der Waals surface area contributed by atoms with Crippen molar-refractivity contribution in [3.05, 3.63) is 29.3 Å². The number of carboxylic acid groups (broad SMARTS) is 1. The molecule has 0 unspecified atom stereocenters. The summed E-state index contributed by atoms with van der Waals surface area (Å²) in [7, 11) is 0. The van der Waals surface area contributed by atoms with E-state index in [1.807, 2.05) is 45.9 Å². The zero-order valence-electron chi connectivity index (χ0n) is 9.70. The van der Waals surface area contributed by atoms with E-state index >= 15 is 0 Å². The minimum atomic E-state index is -0.956. The van der Waals surface area contributed by atoms with Gasteiger partial charge in [-0.05, 0) is 25.0 Å². The molecule has 0 spiro atoms. The summed E-state index contributed by atoms with van der Waals surface area (Å²) in [5, 5.41) is 8.43. The first-order valence-corrected chi connectivity index (χ1v) is 5.02. The first-order chi connectivity index (χ1) is 7.11. The molecule has 0 radical (unpaired) electrons. The second-order valence-corrected chi connectivity index (χ2v) is 2.90. The minimum absolute atomic E-state index is 0.286. The summed E-state index contributed by atoms with van der Waals surface area (Å²) < 4.78 is 5.13. The number of carboxylic acids is 1. The molecule has 0 heterocycles. The van der Waals surface area contributed by atoms with Crippen molar-refractivity contribution in [3.8, 4) is 5.75 Å². The van der Waals surface area contributed by atoms with Gasteiger partial charge in [0, 0.05) is 0 Å². The molecule has 0 aliphatic heterocycles. The van der Waals surface area contributed by atoms with Crippen molar-refractivity contribution in [2.75, 3.05) is 6.61 Å². The number of aliphatic carboxylic acids is 1. The molecular weight excluding hydrogens is 192 g/mol. The summed E-state index contributed by atoms with van der Waals surface area (Å²) in [6.45, 7) is 7.50. The second-order valence-electron chi connectivity index (χ2n) is 2.90. The van der Waals surface area contributed by atoms with Crippen LogP contribution < -0.4 is 4.74 Å². The quantitative estimate of drug-likeness (QED) is 0.834. The fraction of sp³-hybridized carbons (Fsp3) is 0.417. The Balaban J connectivity index is 0.000000921. The summed E-state index contributed by atoms with van der Waals surface area (Å²) in [6.07, 6.45) is 0. The van der Waals surface area contributed by atoms with Crippen molar-refractivity contribution in [2.45, 2.75) is 27.7 Å². The molecule has 3 nitrogen and oxygen atoms in total. The summed E-state index contributed by atoms with van der Waals surface area (Å²) >= 11 is 0. The molecule has 84 valence electrons. The lowest BCUT2D eigenvalue weighted by Crippen LogP contribution is -2.10. The maximum Gasteiger partial charge on any atom is 0.341 e. The fourth-order valence-corrected chi connectivity index (χ4v) is 1.16. The Morgan fingerprint density at radius 1 is 1.27 bits per heavy atom. The molecule has 0 aliphatic carbocycles. The Bertz CT molecular complexity index is 298. The summed E-state index contributed by atoms with van der Waals surface area (Å²) in [5.41, 5.74) is 1.92. The maximum absolute atomic E-state index is 10.3. The minimum Gasteiger partial charge on any atom is -0.481 e. The van der Waals surface area contributed by atoms with Gasteiger partial charge in [0.1, 0.15) is 5.75 Å². The highest BCUT2D eigenvalue weighted by Gasteiger charge is 2.04. The van der Waals surface area contributed by atoms with E-state index in [2.05, 4.69) is 0 Å². The molecule has 0 fully saturated rings. The zero-order valence-corrected chi connectivity index (χ0v) is 9.70. The van der Waals surface area contributed by atoms with Gasteiger partial charge in [0.05, 0.1) is 0 Å². The van der Waals surface area contributed by atoms with Gasteiger partial charge in [-0.15, -0.1) is 0 Å². The van der Waals surface area contributed by atoms with Crippen molar-refractivity contribution in [3.63, 3.8) is 0 Å². The smallest absolute Gasteiger partial charge is 0.341 e. The molecule has 0 amide bonds. The number of hydrogen-bond acceptors (Lipinski definition) is 2. The van der Waals surface area contributed by atoms with Crippen LogP contribution in [0.2, 0.25) is 0 Å². The van der Waals surface area contributed by atoms with Gasteiger partial charge in [0.15, 0.2) is 6.61 Å². The predicted molar refractivity (Wildman–Crippen MR) is 60.4 cm³/mol. The molecule has 3 heteroatoms. The van der Waals surface area contributed by atoms with Gasteiger partial charge < -0.3 is 9.84 Å². The molecule has 0 saturated carbocycles. The van der Waals surface area contributed by atoms with Gasteiger partial charge in [-0.3, -0.25) is 0 Å². The number of ether oxygens (including phenoxy) is 1. The van der Waals surface area contributed by atoms with E-state index in [9.17, 15) is 4.79 Å². The Hall–Kier alpha value is -1.51. The number of carbonyl (C=O) groups is 1. The van der Waals surface area contributed by atoms with Crippen LogP contribution in [0.5, 0.6) is 5.75 Å². The number of aryl methyl sites for hydroxylation is 2. The van der Waals surface area contributed by atoms with E-state index in [-0.39, 0.29) is 6.61 Å². The zero-order chi connectivity index (χ0) is 11.8. The van der Waals surface area contributed by atoms with Gasteiger partial charge in [0.2, 0.25) is 0 Å². The Labute approximate surface area is 90.7 Å². The summed E-state index contributed by atoms with van der Waals surface area (Å²) in [6, 6.07) is 5.70. The summed E-state index contributed by atoms with van der Waals surface area (Å²) in [5.74, 6) is -0.285. The molecular formula is C12H18O3. The van der Waals surface area contributed by atoms with Crippen molar-refractivity contribution >= 4 is 5.97 Å². The highest BCUT2D eigenvalue weighted by Crippen LogP contribution is 2.21. The number of hydrogen-bond donors (Lipinski definition) is 1. The van der Waals surface area contributed by atoms with Crippen LogP contribution in [0.3, 0.4) is 0 Å². The average Bonchev–Trinajstić information content (AvgIpc) is 2.20. The van der Waals surface area contributed by atoms with E-state index in [0.29, 0.717) is 5.75 Å². The van der Waals surface area contributed by atoms with Crippen LogP contribution in [0.1, 0.15) is 25.0 Å². The molecule has 15 heavy (non-hydrogen) atoms. The SMILES string of the molecule is CC.Cc1cccc(C)c1OCC(=O)O. The lowest BCUT2D eigenvalue weighted by atomic mass is 10.1. The third-order valence-electron chi connectivity index (χ3n) is 1.75. The number of para-hydroxylation sites is 1.